The first-order chi connectivity index (χ1) is 33.4. The molecule has 4 heteroatoms. The Hall–Kier alpha value is -7.56. The molecule has 0 aliphatic heterocycles. The maximum Gasteiger partial charge on any atom is 0.159 e. The summed E-state index contributed by atoms with van der Waals surface area (Å²) in [4.78, 5) is 4.92. The zero-order valence-corrected chi connectivity index (χ0v) is 39.2. The van der Waals surface area contributed by atoms with Gasteiger partial charge in [0.25, 0.3) is 0 Å². The van der Waals surface area contributed by atoms with Crippen molar-refractivity contribution in [2.24, 2.45) is 0 Å². The van der Waals surface area contributed by atoms with Gasteiger partial charge >= 0.3 is 0 Å². The summed E-state index contributed by atoms with van der Waals surface area (Å²) < 4.78 is 13.8. The van der Waals surface area contributed by atoms with Crippen LogP contribution in [0.5, 0.6) is 0 Å². The van der Waals surface area contributed by atoms with E-state index in [4.69, 9.17) is 8.83 Å². The molecule has 10 aromatic carbocycles. The second-order valence-electron chi connectivity index (χ2n) is 19.9. The maximum atomic E-state index is 6.92. The Morgan fingerprint density at radius 3 is 1.32 bits per heavy atom. The molecule has 2 aromatic heterocycles. The van der Waals surface area contributed by atoms with Crippen LogP contribution >= 0.6 is 0 Å². The van der Waals surface area contributed by atoms with E-state index >= 15 is 0 Å². The van der Waals surface area contributed by atoms with E-state index in [-0.39, 0.29) is 0 Å². The molecule has 0 unspecified atom stereocenters. The van der Waals surface area contributed by atoms with E-state index in [2.05, 4.69) is 213 Å². The first-order valence-electron chi connectivity index (χ1n) is 24.7. The molecule has 0 radical (unpaired) electrons. The Labute approximate surface area is 397 Å². The van der Waals surface area contributed by atoms with Crippen molar-refractivity contribution in [2.75, 3.05) is 9.80 Å². The van der Waals surface area contributed by atoms with Gasteiger partial charge in [0.2, 0.25) is 0 Å². The van der Waals surface area contributed by atoms with Crippen molar-refractivity contribution in [3.63, 3.8) is 0 Å². The second-order valence-corrected chi connectivity index (χ2v) is 19.9. The van der Waals surface area contributed by atoms with E-state index in [1.807, 2.05) is 0 Å². The first-order valence-corrected chi connectivity index (χ1v) is 24.7. The first kappa shape index (κ1) is 40.7. The lowest BCUT2D eigenvalue weighted by molar-refractivity contribution is 0.444. The molecule has 1 aliphatic rings. The van der Waals surface area contributed by atoms with Gasteiger partial charge in [0.15, 0.2) is 11.2 Å². The summed E-state index contributed by atoms with van der Waals surface area (Å²) >= 11 is 0. The van der Waals surface area contributed by atoms with Crippen molar-refractivity contribution >= 4 is 110 Å². The number of hydrogen-bond acceptors (Lipinski definition) is 4. The van der Waals surface area contributed by atoms with Crippen molar-refractivity contribution in [2.45, 2.75) is 77.6 Å². The van der Waals surface area contributed by atoms with Crippen LogP contribution in [-0.2, 0) is 0 Å². The fourth-order valence-corrected chi connectivity index (χ4v) is 11.6. The molecular weight excluding hydrogens is 829 g/mol. The number of anilines is 6. The van der Waals surface area contributed by atoms with Crippen molar-refractivity contribution < 1.29 is 8.83 Å². The molecule has 1 aliphatic carbocycles. The predicted molar refractivity (Wildman–Crippen MR) is 288 cm³/mol. The van der Waals surface area contributed by atoms with Crippen LogP contribution in [-0.4, -0.2) is 0 Å². The maximum absolute atomic E-state index is 6.92. The van der Waals surface area contributed by atoms with Crippen LogP contribution in [0, 0.1) is 0 Å². The quantitative estimate of drug-likeness (QED) is 0.135. The number of rotatable bonds is 9. The number of fused-ring (bicyclic) bond motifs is 6. The predicted octanol–water partition coefficient (Wildman–Crippen LogP) is 19.6. The monoisotopic (exact) mass is 882 g/mol. The average molecular weight is 883 g/mol. The van der Waals surface area contributed by atoms with Crippen LogP contribution in [0.1, 0.15) is 94.2 Å². The second kappa shape index (κ2) is 16.1. The van der Waals surface area contributed by atoms with Gasteiger partial charge in [-0.15, -0.1) is 0 Å². The summed E-state index contributed by atoms with van der Waals surface area (Å²) in [6.45, 7) is 9.05. The van der Waals surface area contributed by atoms with Crippen molar-refractivity contribution in [3.05, 3.63) is 193 Å². The highest BCUT2D eigenvalue weighted by atomic mass is 16.3. The molecular formula is C64H54N2O2. The highest BCUT2D eigenvalue weighted by molar-refractivity contribution is 6.29. The van der Waals surface area contributed by atoms with Crippen LogP contribution in [0.25, 0.3) is 76.2 Å². The lowest BCUT2D eigenvalue weighted by Crippen LogP contribution is -2.15. The third kappa shape index (κ3) is 6.48. The van der Waals surface area contributed by atoms with Gasteiger partial charge in [0, 0.05) is 49.1 Å². The number of nitrogens with zero attached hydrogens (tertiary/aromatic N) is 2. The minimum absolute atomic E-state index is 0.396. The Balaban J connectivity index is 1.17. The smallest absolute Gasteiger partial charge is 0.159 e. The highest BCUT2D eigenvalue weighted by Gasteiger charge is 2.29. The van der Waals surface area contributed by atoms with Gasteiger partial charge < -0.3 is 18.6 Å². The van der Waals surface area contributed by atoms with Gasteiger partial charge in [-0.25, -0.2) is 0 Å². The molecule has 0 spiro atoms. The Bertz CT molecular complexity index is 3610. The highest BCUT2D eigenvalue weighted by Crippen LogP contribution is 2.53. The van der Waals surface area contributed by atoms with E-state index in [0.717, 1.165) is 78.0 Å². The molecule has 332 valence electrons. The number of hydrogen-bond donors (Lipinski definition) is 0. The molecule has 13 rings (SSSR count). The van der Waals surface area contributed by atoms with Gasteiger partial charge in [0.1, 0.15) is 11.2 Å². The van der Waals surface area contributed by atoms with E-state index in [1.165, 1.54) is 81.1 Å². The largest absolute Gasteiger partial charge is 0.454 e. The summed E-state index contributed by atoms with van der Waals surface area (Å²) in [6.07, 6.45) is 6.48. The van der Waals surface area contributed by atoms with Gasteiger partial charge in [-0.3, -0.25) is 0 Å². The van der Waals surface area contributed by atoms with Gasteiger partial charge in [-0.1, -0.05) is 168 Å². The molecule has 1 saturated carbocycles. The summed E-state index contributed by atoms with van der Waals surface area (Å²) in [7, 11) is 0. The van der Waals surface area contributed by atoms with Crippen LogP contribution in [0.15, 0.2) is 185 Å². The third-order valence-electron chi connectivity index (χ3n) is 15.1. The standard InChI is InChI=1S/C64H54N2O2/c1-39(2)41-24-30-47(31-25-41)65(55-20-12-18-51-49-16-8-10-22-59(49)67-63(51)55)57-38-58(54-35-29-45-37-46(43-14-6-5-7-15-43)36-44-28-34-53(57)62(54)61(44)45)66(48-32-26-42(27-33-48)40(3)4)56-21-13-19-52-50-17-9-11-23-60(50)68-64(52)56/h8-13,16-40,43H,5-7,14-15H2,1-4H3. The molecule has 0 amide bonds. The van der Waals surface area contributed by atoms with Crippen molar-refractivity contribution in [1.82, 2.24) is 0 Å². The normalized spacial score (nSPS) is 13.8. The van der Waals surface area contributed by atoms with Crippen LogP contribution in [0.2, 0.25) is 0 Å². The van der Waals surface area contributed by atoms with Crippen LogP contribution in [0.4, 0.5) is 34.1 Å². The van der Waals surface area contributed by atoms with E-state index in [0.29, 0.717) is 17.8 Å². The molecule has 0 bridgehead atoms. The molecule has 12 aromatic rings. The number of para-hydroxylation sites is 4. The molecule has 68 heavy (non-hydrogen) atoms. The molecule has 0 atom stereocenters. The summed E-state index contributed by atoms with van der Waals surface area (Å²) in [5.74, 6) is 1.39. The zero-order valence-electron chi connectivity index (χ0n) is 39.2. The van der Waals surface area contributed by atoms with Crippen molar-refractivity contribution in [3.8, 4) is 0 Å². The Kier molecular flexibility index (Phi) is 9.61. The summed E-state index contributed by atoms with van der Waals surface area (Å²) in [6, 6.07) is 65.4. The topological polar surface area (TPSA) is 32.8 Å². The number of furan rings is 2. The van der Waals surface area contributed by atoms with Crippen molar-refractivity contribution in [1.29, 1.82) is 0 Å². The summed E-state index contributed by atoms with van der Waals surface area (Å²) in [5.41, 5.74) is 13.8. The Morgan fingerprint density at radius 1 is 0.397 bits per heavy atom. The van der Waals surface area contributed by atoms with E-state index in [1.54, 1.807) is 0 Å². The van der Waals surface area contributed by atoms with Crippen LogP contribution < -0.4 is 9.80 Å². The lowest BCUT2D eigenvalue weighted by atomic mass is 9.82. The minimum Gasteiger partial charge on any atom is -0.454 e. The molecule has 2 heterocycles. The molecule has 0 N–H and O–H groups in total. The fourth-order valence-electron chi connectivity index (χ4n) is 11.6. The van der Waals surface area contributed by atoms with Gasteiger partial charge in [-0.05, 0) is 118 Å². The Morgan fingerprint density at radius 2 is 0.853 bits per heavy atom. The van der Waals surface area contributed by atoms with Crippen LogP contribution in [0.3, 0.4) is 0 Å². The SMILES string of the molecule is CC(C)c1ccc(N(c2cc(N(c3ccc(C(C)C)cc3)c3cccc4c3oc3ccccc34)c3ccc4cc(C5CCCCC5)cc5ccc2c3c54)c2cccc3c2oc2ccccc23)cc1. The molecule has 0 saturated heterocycles. The molecule has 4 nitrogen and oxygen atoms in total. The summed E-state index contributed by atoms with van der Waals surface area (Å²) in [5, 5.41) is 11.9. The van der Waals surface area contributed by atoms with E-state index < -0.39 is 0 Å². The van der Waals surface area contributed by atoms with Gasteiger partial charge in [0.05, 0.1) is 22.7 Å². The lowest BCUT2D eigenvalue weighted by Gasteiger charge is -2.32. The van der Waals surface area contributed by atoms with Gasteiger partial charge in [-0.2, -0.15) is 0 Å². The van der Waals surface area contributed by atoms with E-state index in [9.17, 15) is 0 Å². The minimum atomic E-state index is 0.396. The average Bonchev–Trinajstić information content (AvgIpc) is 3.96. The molecule has 1 fully saturated rings. The number of benzene rings is 10. The fraction of sp³-hybridized carbons (Fsp3) is 0.188. The zero-order chi connectivity index (χ0) is 45.6. The third-order valence-corrected chi connectivity index (χ3v) is 15.1.